The molecule has 1 aromatic rings. The highest BCUT2D eigenvalue weighted by Crippen LogP contribution is 2.13. The SMILES string of the molecule is CNCCCNC(=O)CSc1nc(C)cc(C)n1. The number of aromatic nitrogens is 2. The highest BCUT2D eigenvalue weighted by molar-refractivity contribution is 7.99. The highest BCUT2D eigenvalue weighted by atomic mass is 32.2. The van der Waals surface area contributed by atoms with Gasteiger partial charge in [-0.05, 0) is 39.9 Å². The standard InChI is InChI=1S/C12H20N4OS/c1-9-7-10(2)16-12(15-9)18-8-11(17)14-6-4-5-13-3/h7,13H,4-6,8H2,1-3H3,(H,14,17). The van der Waals surface area contributed by atoms with Crippen molar-refractivity contribution in [1.82, 2.24) is 20.6 Å². The van der Waals surface area contributed by atoms with Crippen LogP contribution in [0.15, 0.2) is 11.2 Å². The number of thioether (sulfide) groups is 1. The third-order valence-electron chi connectivity index (χ3n) is 2.22. The quantitative estimate of drug-likeness (QED) is 0.437. The lowest BCUT2D eigenvalue weighted by molar-refractivity contribution is -0.118. The molecule has 0 spiro atoms. The predicted octanol–water partition coefficient (Wildman–Crippen LogP) is 0.911. The van der Waals surface area contributed by atoms with Gasteiger partial charge in [-0.3, -0.25) is 4.79 Å². The number of nitrogens with zero attached hydrogens (tertiary/aromatic N) is 2. The molecule has 0 fully saturated rings. The van der Waals surface area contributed by atoms with Crippen LogP contribution < -0.4 is 10.6 Å². The molecule has 5 nitrogen and oxygen atoms in total. The zero-order chi connectivity index (χ0) is 13.4. The van der Waals surface area contributed by atoms with Crippen LogP contribution >= 0.6 is 11.8 Å². The Labute approximate surface area is 112 Å². The van der Waals surface area contributed by atoms with E-state index in [4.69, 9.17) is 0 Å². The molecule has 0 bridgehead atoms. The van der Waals surface area contributed by atoms with E-state index in [2.05, 4.69) is 20.6 Å². The number of hydrogen-bond donors (Lipinski definition) is 2. The molecule has 100 valence electrons. The number of carbonyl (C=O) groups excluding carboxylic acids is 1. The average molecular weight is 268 g/mol. The second kappa shape index (κ2) is 8.05. The molecule has 0 radical (unpaired) electrons. The van der Waals surface area contributed by atoms with Crippen molar-refractivity contribution in [1.29, 1.82) is 0 Å². The molecule has 1 amide bonds. The minimum atomic E-state index is 0.0267. The molecule has 0 aromatic carbocycles. The maximum Gasteiger partial charge on any atom is 0.230 e. The Kier molecular flexibility index (Phi) is 6.67. The van der Waals surface area contributed by atoms with Crippen molar-refractivity contribution in [3.8, 4) is 0 Å². The molecular formula is C12H20N4OS. The van der Waals surface area contributed by atoms with Crippen LogP contribution in [0.5, 0.6) is 0 Å². The van der Waals surface area contributed by atoms with Crippen LogP contribution in [0.4, 0.5) is 0 Å². The molecule has 0 aliphatic carbocycles. The van der Waals surface area contributed by atoms with Crippen LogP contribution in [-0.4, -0.2) is 41.8 Å². The second-order valence-corrected chi connectivity index (χ2v) is 4.97. The van der Waals surface area contributed by atoms with E-state index in [1.54, 1.807) is 0 Å². The molecule has 0 aliphatic rings. The van der Waals surface area contributed by atoms with Crippen LogP contribution in [0.25, 0.3) is 0 Å². The largest absolute Gasteiger partial charge is 0.355 e. The van der Waals surface area contributed by atoms with Gasteiger partial charge in [0, 0.05) is 17.9 Å². The van der Waals surface area contributed by atoms with E-state index in [1.165, 1.54) is 11.8 Å². The summed E-state index contributed by atoms with van der Waals surface area (Å²) >= 11 is 1.37. The summed E-state index contributed by atoms with van der Waals surface area (Å²) in [6.07, 6.45) is 0.937. The monoisotopic (exact) mass is 268 g/mol. The number of hydrogen-bond acceptors (Lipinski definition) is 5. The van der Waals surface area contributed by atoms with E-state index in [0.717, 1.165) is 24.4 Å². The van der Waals surface area contributed by atoms with Crippen molar-refractivity contribution in [3.05, 3.63) is 17.5 Å². The molecule has 18 heavy (non-hydrogen) atoms. The molecule has 2 N–H and O–H groups in total. The van der Waals surface area contributed by atoms with Gasteiger partial charge in [-0.1, -0.05) is 11.8 Å². The van der Waals surface area contributed by atoms with E-state index >= 15 is 0 Å². The first-order valence-corrected chi connectivity index (χ1v) is 6.96. The molecule has 1 aromatic heterocycles. The molecule has 1 heterocycles. The van der Waals surface area contributed by atoms with E-state index in [-0.39, 0.29) is 5.91 Å². The Bertz CT molecular complexity index is 377. The lowest BCUT2D eigenvalue weighted by Crippen LogP contribution is -2.28. The number of amides is 1. The van der Waals surface area contributed by atoms with Crippen molar-refractivity contribution >= 4 is 17.7 Å². The van der Waals surface area contributed by atoms with E-state index < -0.39 is 0 Å². The van der Waals surface area contributed by atoms with Gasteiger partial charge in [0.2, 0.25) is 5.91 Å². The maximum absolute atomic E-state index is 11.5. The fourth-order valence-corrected chi connectivity index (χ4v) is 2.21. The summed E-state index contributed by atoms with van der Waals surface area (Å²) in [5.74, 6) is 0.390. The number of carbonyl (C=O) groups is 1. The summed E-state index contributed by atoms with van der Waals surface area (Å²) in [5.41, 5.74) is 1.86. The summed E-state index contributed by atoms with van der Waals surface area (Å²) < 4.78 is 0. The van der Waals surface area contributed by atoms with Crippen molar-refractivity contribution in [3.63, 3.8) is 0 Å². The topological polar surface area (TPSA) is 66.9 Å². The van der Waals surface area contributed by atoms with Crippen LogP contribution in [0.2, 0.25) is 0 Å². The average Bonchev–Trinajstić information content (AvgIpc) is 2.31. The molecule has 0 saturated heterocycles. The first kappa shape index (κ1) is 14.9. The van der Waals surface area contributed by atoms with Gasteiger partial charge in [0.1, 0.15) is 0 Å². The maximum atomic E-state index is 11.5. The number of rotatable bonds is 7. The van der Waals surface area contributed by atoms with Gasteiger partial charge in [0.15, 0.2) is 5.16 Å². The van der Waals surface area contributed by atoms with Crippen molar-refractivity contribution in [2.75, 3.05) is 25.9 Å². The van der Waals surface area contributed by atoms with Gasteiger partial charge in [0.05, 0.1) is 5.75 Å². The van der Waals surface area contributed by atoms with Gasteiger partial charge in [-0.25, -0.2) is 9.97 Å². The van der Waals surface area contributed by atoms with Crippen molar-refractivity contribution < 1.29 is 4.79 Å². The summed E-state index contributed by atoms with van der Waals surface area (Å²) in [6, 6.07) is 1.92. The fraction of sp³-hybridized carbons (Fsp3) is 0.583. The Morgan fingerprint density at radius 3 is 2.56 bits per heavy atom. The minimum absolute atomic E-state index is 0.0267. The van der Waals surface area contributed by atoms with E-state index in [1.807, 2.05) is 27.0 Å². The first-order valence-electron chi connectivity index (χ1n) is 5.98. The van der Waals surface area contributed by atoms with E-state index in [0.29, 0.717) is 17.5 Å². The highest BCUT2D eigenvalue weighted by Gasteiger charge is 2.05. The third kappa shape index (κ3) is 5.97. The molecule has 0 aliphatic heterocycles. The Balaban J connectivity index is 2.29. The lowest BCUT2D eigenvalue weighted by atomic mass is 10.4. The summed E-state index contributed by atoms with van der Waals surface area (Å²) in [4.78, 5) is 20.1. The van der Waals surface area contributed by atoms with Crippen LogP contribution in [-0.2, 0) is 4.79 Å². The Hall–Kier alpha value is -1.14. The molecule has 0 unspecified atom stereocenters. The molecule has 6 heteroatoms. The Morgan fingerprint density at radius 1 is 1.28 bits per heavy atom. The summed E-state index contributed by atoms with van der Waals surface area (Å²) in [6.45, 7) is 5.47. The smallest absolute Gasteiger partial charge is 0.230 e. The fourth-order valence-electron chi connectivity index (χ4n) is 1.43. The molecule has 0 atom stereocenters. The minimum Gasteiger partial charge on any atom is -0.355 e. The number of aryl methyl sites for hydroxylation is 2. The van der Waals surface area contributed by atoms with Gasteiger partial charge >= 0.3 is 0 Å². The molecule has 1 rings (SSSR count). The van der Waals surface area contributed by atoms with E-state index in [9.17, 15) is 4.79 Å². The predicted molar refractivity (Wildman–Crippen MR) is 73.8 cm³/mol. The van der Waals surface area contributed by atoms with Gasteiger partial charge in [-0.2, -0.15) is 0 Å². The summed E-state index contributed by atoms with van der Waals surface area (Å²) in [7, 11) is 1.90. The van der Waals surface area contributed by atoms with Crippen LogP contribution in [0.1, 0.15) is 17.8 Å². The third-order valence-corrected chi connectivity index (χ3v) is 3.07. The van der Waals surface area contributed by atoms with Crippen molar-refractivity contribution in [2.45, 2.75) is 25.4 Å². The summed E-state index contributed by atoms with van der Waals surface area (Å²) in [5, 5.41) is 6.56. The first-order chi connectivity index (χ1) is 8.61. The zero-order valence-corrected chi connectivity index (χ0v) is 11.9. The van der Waals surface area contributed by atoms with Crippen LogP contribution in [0, 0.1) is 13.8 Å². The second-order valence-electron chi connectivity index (χ2n) is 4.03. The Morgan fingerprint density at radius 2 is 1.94 bits per heavy atom. The van der Waals surface area contributed by atoms with Gasteiger partial charge in [0.25, 0.3) is 0 Å². The van der Waals surface area contributed by atoms with Crippen molar-refractivity contribution in [2.24, 2.45) is 0 Å². The van der Waals surface area contributed by atoms with Gasteiger partial charge in [-0.15, -0.1) is 0 Å². The van der Waals surface area contributed by atoms with Crippen LogP contribution in [0.3, 0.4) is 0 Å². The zero-order valence-electron chi connectivity index (χ0n) is 11.1. The normalized spacial score (nSPS) is 10.4. The van der Waals surface area contributed by atoms with Gasteiger partial charge < -0.3 is 10.6 Å². The lowest BCUT2D eigenvalue weighted by Gasteiger charge is -2.05. The molecule has 0 saturated carbocycles. The number of nitrogens with one attached hydrogen (secondary N) is 2. The molecular weight excluding hydrogens is 248 g/mol.